The van der Waals surface area contributed by atoms with Gasteiger partial charge in [0.05, 0.1) is 23.0 Å². The van der Waals surface area contributed by atoms with Crippen LogP contribution in [0.15, 0.2) is 57.9 Å². The van der Waals surface area contributed by atoms with E-state index in [1.165, 1.54) is 16.7 Å². The van der Waals surface area contributed by atoms with E-state index in [1.54, 1.807) is 24.4 Å². The summed E-state index contributed by atoms with van der Waals surface area (Å²) in [5.74, 6) is -1.99. The van der Waals surface area contributed by atoms with Gasteiger partial charge in [0, 0.05) is 48.7 Å². The Hall–Kier alpha value is -3.71. The Balaban J connectivity index is 1.53. The smallest absolute Gasteiger partial charge is 0.263 e. The van der Waals surface area contributed by atoms with Crippen LogP contribution in [-0.2, 0) is 0 Å². The molecule has 0 spiro atoms. The highest BCUT2D eigenvalue weighted by atomic mass is 79.9. The first-order chi connectivity index (χ1) is 17.7. The van der Waals surface area contributed by atoms with Gasteiger partial charge in [0.1, 0.15) is 17.5 Å². The lowest BCUT2D eigenvalue weighted by molar-refractivity contribution is 0.102. The average Bonchev–Trinajstić information content (AvgIpc) is 2.87. The Bertz CT molecular complexity index is 1430. The van der Waals surface area contributed by atoms with Gasteiger partial charge < -0.3 is 19.5 Å². The van der Waals surface area contributed by atoms with Gasteiger partial charge in [-0.15, -0.1) is 0 Å². The van der Waals surface area contributed by atoms with Gasteiger partial charge in [-0.05, 0) is 66.2 Å². The van der Waals surface area contributed by atoms with Crippen molar-refractivity contribution in [2.24, 2.45) is 0 Å². The number of anilines is 2. The number of aromatic nitrogens is 1. The number of carbonyl (C=O) groups excluding carboxylic acids is 1. The number of hydrogen-bond acceptors (Lipinski definition) is 5. The van der Waals surface area contributed by atoms with E-state index < -0.39 is 23.1 Å². The number of amides is 1. The Morgan fingerprint density at radius 2 is 1.89 bits per heavy atom. The number of benzene rings is 2. The van der Waals surface area contributed by atoms with E-state index in [2.05, 4.69) is 27.3 Å². The predicted molar refractivity (Wildman–Crippen MR) is 140 cm³/mol. The monoisotopic (exact) mass is 570 g/mol. The fourth-order valence-corrected chi connectivity index (χ4v) is 4.70. The van der Waals surface area contributed by atoms with Crippen LogP contribution in [0.3, 0.4) is 0 Å². The van der Waals surface area contributed by atoms with Crippen LogP contribution >= 0.6 is 15.9 Å². The number of nitriles is 1. The first-order valence-corrected chi connectivity index (χ1v) is 12.6. The van der Waals surface area contributed by atoms with Crippen LogP contribution in [0.5, 0.6) is 5.75 Å². The molecule has 0 bridgehead atoms. The summed E-state index contributed by atoms with van der Waals surface area (Å²) in [7, 11) is 0. The van der Waals surface area contributed by atoms with Gasteiger partial charge in [-0.2, -0.15) is 5.26 Å². The third kappa shape index (κ3) is 6.00. The number of piperidine rings is 1. The molecule has 1 N–H and O–H groups in total. The van der Waals surface area contributed by atoms with Crippen LogP contribution in [0.1, 0.15) is 48.7 Å². The van der Waals surface area contributed by atoms with Crippen LogP contribution < -0.4 is 20.5 Å². The van der Waals surface area contributed by atoms with E-state index in [0.29, 0.717) is 47.3 Å². The second-order valence-corrected chi connectivity index (χ2v) is 9.97. The van der Waals surface area contributed by atoms with Crippen LogP contribution in [-0.4, -0.2) is 29.7 Å². The average molecular weight is 571 g/mol. The quantitative estimate of drug-likeness (QED) is 0.414. The number of rotatable bonds is 6. The van der Waals surface area contributed by atoms with Crippen molar-refractivity contribution in [3.63, 3.8) is 0 Å². The molecule has 2 aromatic carbocycles. The van der Waals surface area contributed by atoms with Crippen molar-refractivity contribution in [1.29, 1.82) is 5.26 Å². The van der Waals surface area contributed by atoms with Gasteiger partial charge in [-0.1, -0.05) is 0 Å². The lowest BCUT2D eigenvalue weighted by Crippen LogP contribution is -2.39. The standard InChI is InChI=1S/C27H25BrF2N4O3/c1-16(2)34-15-18(28)12-21(27(34)36)26(35)32-23-11-17(14-31)3-5-24(23)33-9-7-20(8-10-33)37-25-6-4-19(29)13-22(25)30/h3-6,11-13,15-16,20H,7-10H2,1-2H3,(H,32,35). The number of halogens is 3. The van der Waals surface area contributed by atoms with Crippen LogP contribution in [0, 0.1) is 23.0 Å². The van der Waals surface area contributed by atoms with Crippen molar-refractivity contribution in [2.45, 2.75) is 38.8 Å². The van der Waals surface area contributed by atoms with Crippen molar-refractivity contribution >= 4 is 33.2 Å². The summed E-state index contributed by atoms with van der Waals surface area (Å²) in [6, 6.07) is 11.6. The number of carbonyl (C=O) groups is 1. The zero-order chi connectivity index (χ0) is 26.7. The minimum Gasteiger partial charge on any atom is -0.487 e. The highest BCUT2D eigenvalue weighted by Crippen LogP contribution is 2.31. The molecule has 1 aliphatic rings. The van der Waals surface area contributed by atoms with Crippen molar-refractivity contribution in [2.75, 3.05) is 23.3 Å². The van der Waals surface area contributed by atoms with Crippen LogP contribution in [0.25, 0.3) is 0 Å². The van der Waals surface area contributed by atoms with E-state index in [9.17, 15) is 23.6 Å². The molecular weight excluding hydrogens is 546 g/mol. The molecule has 37 heavy (non-hydrogen) atoms. The third-order valence-electron chi connectivity index (χ3n) is 6.15. The first kappa shape index (κ1) is 26.4. The molecule has 0 saturated carbocycles. The molecule has 7 nitrogen and oxygen atoms in total. The summed E-state index contributed by atoms with van der Waals surface area (Å²) in [6.45, 7) is 4.78. The molecule has 0 atom stereocenters. The molecular formula is C27H25BrF2N4O3. The Morgan fingerprint density at radius 3 is 2.54 bits per heavy atom. The van der Waals surface area contributed by atoms with Crippen LogP contribution in [0.2, 0.25) is 0 Å². The van der Waals surface area contributed by atoms with Crippen molar-refractivity contribution in [3.05, 3.63) is 86.2 Å². The molecule has 3 aromatic rings. The van der Waals surface area contributed by atoms with Crippen LogP contribution in [0.4, 0.5) is 20.2 Å². The maximum Gasteiger partial charge on any atom is 0.263 e. The summed E-state index contributed by atoms with van der Waals surface area (Å²) < 4.78 is 35.0. The Labute approximate surface area is 221 Å². The highest BCUT2D eigenvalue weighted by molar-refractivity contribution is 9.10. The second-order valence-electron chi connectivity index (χ2n) is 9.06. The molecule has 4 rings (SSSR count). The molecule has 192 valence electrons. The van der Waals surface area contributed by atoms with Gasteiger partial charge in [-0.3, -0.25) is 9.59 Å². The molecule has 1 saturated heterocycles. The molecule has 10 heteroatoms. The molecule has 1 fully saturated rings. The molecule has 0 aliphatic carbocycles. The molecule has 1 aromatic heterocycles. The minimum atomic E-state index is -0.747. The topological polar surface area (TPSA) is 87.4 Å². The lowest BCUT2D eigenvalue weighted by atomic mass is 10.1. The molecule has 0 radical (unpaired) electrons. The molecule has 2 heterocycles. The fourth-order valence-electron chi connectivity index (χ4n) is 4.25. The number of nitrogens with zero attached hydrogens (tertiary/aromatic N) is 3. The van der Waals surface area contributed by atoms with Gasteiger partial charge in [0.25, 0.3) is 11.5 Å². The van der Waals surface area contributed by atoms with Gasteiger partial charge in [0.15, 0.2) is 11.6 Å². The third-order valence-corrected chi connectivity index (χ3v) is 6.59. The highest BCUT2D eigenvalue weighted by Gasteiger charge is 2.25. The number of hydrogen-bond donors (Lipinski definition) is 1. The summed E-state index contributed by atoms with van der Waals surface area (Å²) in [5.41, 5.74) is 1.02. The van der Waals surface area contributed by atoms with Gasteiger partial charge in [-0.25, -0.2) is 8.78 Å². The summed E-state index contributed by atoms with van der Waals surface area (Å²) >= 11 is 3.36. The number of pyridine rings is 1. The zero-order valence-corrected chi connectivity index (χ0v) is 21.9. The van der Waals surface area contributed by atoms with E-state index in [4.69, 9.17) is 4.74 Å². The van der Waals surface area contributed by atoms with Crippen molar-refractivity contribution < 1.29 is 18.3 Å². The summed E-state index contributed by atoms with van der Waals surface area (Å²) in [5, 5.41) is 12.2. The van der Waals surface area contributed by atoms with Crippen molar-refractivity contribution in [1.82, 2.24) is 4.57 Å². The van der Waals surface area contributed by atoms with Crippen molar-refractivity contribution in [3.8, 4) is 11.8 Å². The summed E-state index contributed by atoms with van der Waals surface area (Å²) in [4.78, 5) is 28.1. The largest absolute Gasteiger partial charge is 0.487 e. The van der Waals surface area contributed by atoms with Gasteiger partial charge >= 0.3 is 0 Å². The van der Waals surface area contributed by atoms with Gasteiger partial charge in [0.2, 0.25) is 0 Å². The maximum atomic E-state index is 14.0. The normalized spacial score (nSPS) is 13.9. The summed E-state index contributed by atoms with van der Waals surface area (Å²) in [6.07, 6.45) is 2.50. The Morgan fingerprint density at radius 1 is 1.16 bits per heavy atom. The molecule has 1 amide bonds. The predicted octanol–water partition coefficient (Wildman–Crippen LogP) is 5.64. The zero-order valence-electron chi connectivity index (χ0n) is 20.3. The molecule has 0 unspecified atom stereocenters. The second kappa shape index (κ2) is 11.1. The maximum absolute atomic E-state index is 14.0. The SMILES string of the molecule is CC(C)n1cc(Br)cc(C(=O)Nc2cc(C#N)ccc2N2CCC(Oc3ccc(F)cc3F)CC2)c1=O. The van der Waals surface area contributed by atoms with E-state index in [1.807, 2.05) is 18.7 Å². The number of ether oxygens (including phenoxy) is 1. The minimum absolute atomic E-state index is 0.00671. The number of nitrogens with one attached hydrogen (secondary N) is 1. The van der Waals surface area contributed by atoms with E-state index >= 15 is 0 Å². The first-order valence-electron chi connectivity index (χ1n) is 11.8. The Kier molecular flexibility index (Phi) is 7.93. The lowest BCUT2D eigenvalue weighted by Gasteiger charge is -2.35. The van der Waals surface area contributed by atoms with E-state index in [-0.39, 0.29) is 23.5 Å². The molecule has 1 aliphatic heterocycles. The van der Waals surface area contributed by atoms with E-state index in [0.717, 1.165) is 12.1 Å². The fraction of sp³-hybridized carbons (Fsp3) is 0.296.